The minimum Gasteiger partial charge on any atom is -0.509 e. The van der Waals surface area contributed by atoms with Gasteiger partial charge in [-0.3, -0.25) is 25.9 Å². The van der Waals surface area contributed by atoms with Crippen LogP contribution in [0.5, 0.6) is 0 Å². The Kier molecular flexibility index (Phi) is 6.58. The number of aliphatic hydroxyl groups excluding tert-OH is 1. The fourth-order valence-corrected chi connectivity index (χ4v) is 2.96. The van der Waals surface area contributed by atoms with Gasteiger partial charge in [0.05, 0.1) is 29.5 Å². The number of anilines is 2. The van der Waals surface area contributed by atoms with E-state index in [1.54, 1.807) is 31.2 Å². The number of hydrazone groups is 1. The Balaban J connectivity index is 1.60. The van der Waals surface area contributed by atoms with Gasteiger partial charge in [-0.15, -0.1) is 0 Å². The smallest absolute Gasteiger partial charge is 0.257 e. The van der Waals surface area contributed by atoms with E-state index in [0.29, 0.717) is 16.4 Å². The predicted octanol–water partition coefficient (Wildman–Crippen LogP) is 3.28. The van der Waals surface area contributed by atoms with Gasteiger partial charge in [0.25, 0.3) is 5.91 Å². The Labute approximate surface area is 179 Å². The molecule has 1 atom stereocenters. The van der Waals surface area contributed by atoms with Gasteiger partial charge in [-0.25, -0.2) is 0 Å². The maximum Gasteiger partial charge on any atom is 0.257 e. The number of hydrogen-bond donors (Lipinski definition) is 5. The molecule has 9 heteroatoms. The van der Waals surface area contributed by atoms with Gasteiger partial charge in [-0.05, 0) is 50.2 Å². The molecule has 0 saturated carbocycles. The van der Waals surface area contributed by atoms with Crippen LogP contribution in [0.3, 0.4) is 0 Å². The van der Waals surface area contributed by atoms with E-state index in [1.807, 2.05) is 31.2 Å². The molecule has 2 amide bonds. The average Bonchev–Trinajstić information content (AvgIpc) is 3.00. The van der Waals surface area contributed by atoms with Gasteiger partial charge in [0.15, 0.2) is 0 Å². The molecule has 30 heavy (non-hydrogen) atoms. The first-order valence-corrected chi connectivity index (χ1v) is 9.63. The second-order valence-corrected chi connectivity index (χ2v) is 7.28. The number of carbonyl (C=O) groups excluding carboxylic acids is 2. The molecular formula is C21H22ClN5O3. The highest BCUT2D eigenvalue weighted by Gasteiger charge is 2.34. The summed E-state index contributed by atoms with van der Waals surface area (Å²) in [5.74, 6) is -1.10. The average molecular weight is 428 g/mol. The molecule has 1 aliphatic rings. The minimum absolute atomic E-state index is 0.0538. The number of carbonyl (C=O) groups is 2. The van der Waals surface area contributed by atoms with Crippen molar-refractivity contribution in [1.82, 2.24) is 10.7 Å². The molecule has 8 nitrogen and oxygen atoms in total. The molecule has 3 rings (SSSR count). The zero-order chi connectivity index (χ0) is 21.7. The van der Waals surface area contributed by atoms with E-state index in [1.165, 1.54) is 0 Å². The first-order chi connectivity index (χ1) is 14.3. The van der Waals surface area contributed by atoms with Crippen molar-refractivity contribution in [1.29, 1.82) is 0 Å². The van der Waals surface area contributed by atoms with Gasteiger partial charge in [-0.1, -0.05) is 29.3 Å². The first kappa shape index (κ1) is 21.2. The molecule has 0 aliphatic carbocycles. The molecule has 0 radical (unpaired) electrons. The first-order valence-electron chi connectivity index (χ1n) is 9.25. The van der Waals surface area contributed by atoms with Crippen LogP contribution in [-0.4, -0.2) is 28.7 Å². The highest BCUT2D eigenvalue weighted by molar-refractivity contribution is 6.30. The zero-order valence-corrected chi connectivity index (χ0v) is 17.2. The van der Waals surface area contributed by atoms with Crippen molar-refractivity contribution in [2.75, 3.05) is 10.9 Å². The lowest BCUT2D eigenvalue weighted by molar-refractivity contribution is -0.121. The van der Waals surface area contributed by atoms with Crippen LogP contribution in [0.4, 0.5) is 11.4 Å². The third-order valence-electron chi connectivity index (χ3n) is 4.46. The van der Waals surface area contributed by atoms with Gasteiger partial charge in [-0.2, -0.15) is 5.10 Å². The van der Waals surface area contributed by atoms with Crippen molar-refractivity contribution in [3.8, 4) is 0 Å². The maximum atomic E-state index is 12.3. The number of benzene rings is 2. The molecular weight excluding hydrogens is 406 g/mol. The van der Waals surface area contributed by atoms with E-state index in [0.717, 1.165) is 11.3 Å². The number of hydrogen-bond acceptors (Lipinski definition) is 6. The largest absolute Gasteiger partial charge is 0.509 e. The van der Waals surface area contributed by atoms with Gasteiger partial charge in [0, 0.05) is 5.02 Å². The topological polar surface area (TPSA) is 115 Å². The zero-order valence-electron chi connectivity index (χ0n) is 16.5. The highest BCUT2D eigenvalue weighted by Crippen LogP contribution is 2.20. The standard InChI is InChI=1S/C21H22ClN5O3/c1-12-3-7-15(8-4-12)25-24-13(2)19-20(29)17(23-21(19)30)11-18(28)27-26-16-9-5-14(22)6-10-16/h3-10,17,25-26,29H,11H2,1-2H3,(H,23,30)(H,27,28). The van der Waals surface area contributed by atoms with Gasteiger partial charge in [0.2, 0.25) is 5.91 Å². The Morgan fingerprint density at radius 1 is 1.13 bits per heavy atom. The molecule has 2 aromatic rings. The minimum atomic E-state index is -0.830. The number of rotatable bonds is 7. The molecule has 1 aliphatic heterocycles. The molecule has 0 bridgehead atoms. The van der Waals surface area contributed by atoms with Gasteiger partial charge in [0.1, 0.15) is 11.3 Å². The molecule has 156 valence electrons. The summed E-state index contributed by atoms with van der Waals surface area (Å²) >= 11 is 5.82. The number of nitrogens with one attached hydrogen (secondary N) is 4. The number of nitrogens with zero attached hydrogens (tertiary/aromatic N) is 1. The maximum absolute atomic E-state index is 12.3. The van der Waals surface area contributed by atoms with Crippen LogP contribution in [0.25, 0.3) is 0 Å². The van der Waals surface area contributed by atoms with E-state index >= 15 is 0 Å². The SMILES string of the molecule is CC(=NNc1ccc(C)cc1)C1=C(O)C(CC(=O)NNc2ccc(Cl)cc2)NC1=O. The molecule has 1 heterocycles. The van der Waals surface area contributed by atoms with Crippen LogP contribution < -0.4 is 21.6 Å². The molecule has 0 fully saturated rings. The fourth-order valence-electron chi connectivity index (χ4n) is 2.83. The number of hydrazine groups is 1. The van der Waals surface area contributed by atoms with E-state index in [2.05, 4.69) is 26.7 Å². The summed E-state index contributed by atoms with van der Waals surface area (Å²) in [6, 6.07) is 13.5. The molecule has 0 saturated heterocycles. The van der Waals surface area contributed by atoms with Gasteiger partial charge >= 0.3 is 0 Å². The van der Waals surface area contributed by atoms with Crippen molar-refractivity contribution in [3.05, 3.63) is 70.4 Å². The van der Waals surface area contributed by atoms with Crippen molar-refractivity contribution >= 4 is 40.5 Å². The Morgan fingerprint density at radius 2 is 1.77 bits per heavy atom. The molecule has 5 N–H and O–H groups in total. The van der Waals surface area contributed by atoms with Crippen LogP contribution in [0.15, 0.2) is 65.0 Å². The summed E-state index contributed by atoms with van der Waals surface area (Å²) < 4.78 is 0. The van der Waals surface area contributed by atoms with E-state index in [4.69, 9.17) is 11.6 Å². The second kappa shape index (κ2) is 9.32. The van der Waals surface area contributed by atoms with E-state index in [9.17, 15) is 14.7 Å². The van der Waals surface area contributed by atoms with Crippen molar-refractivity contribution in [3.63, 3.8) is 0 Å². The number of amides is 2. The highest BCUT2D eigenvalue weighted by atomic mass is 35.5. The lowest BCUT2D eigenvalue weighted by Gasteiger charge is -2.12. The summed E-state index contributed by atoms with van der Waals surface area (Å²) in [5.41, 5.74) is 11.0. The summed E-state index contributed by atoms with van der Waals surface area (Å²) in [4.78, 5) is 24.5. The number of halogens is 1. The van der Waals surface area contributed by atoms with E-state index < -0.39 is 17.9 Å². The quantitative estimate of drug-likeness (QED) is 0.343. The molecule has 0 aromatic heterocycles. The van der Waals surface area contributed by atoms with Crippen molar-refractivity contribution < 1.29 is 14.7 Å². The summed E-state index contributed by atoms with van der Waals surface area (Å²) in [6.45, 7) is 3.59. The van der Waals surface area contributed by atoms with Crippen molar-refractivity contribution in [2.24, 2.45) is 5.10 Å². The van der Waals surface area contributed by atoms with Crippen LogP contribution in [-0.2, 0) is 9.59 Å². The Hall–Kier alpha value is -3.52. The lowest BCUT2D eigenvalue weighted by Crippen LogP contribution is -2.37. The van der Waals surface area contributed by atoms with Crippen LogP contribution in [0, 0.1) is 6.92 Å². The van der Waals surface area contributed by atoms with Crippen molar-refractivity contribution in [2.45, 2.75) is 26.3 Å². The van der Waals surface area contributed by atoms with Crippen LogP contribution in [0.1, 0.15) is 18.9 Å². The van der Waals surface area contributed by atoms with E-state index in [-0.39, 0.29) is 17.8 Å². The normalized spacial score (nSPS) is 16.3. The predicted molar refractivity (Wildman–Crippen MR) is 117 cm³/mol. The second-order valence-electron chi connectivity index (χ2n) is 6.85. The third kappa shape index (κ3) is 5.30. The lowest BCUT2D eigenvalue weighted by atomic mass is 10.1. The Bertz CT molecular complexity index is 1000. The fraction of sp³-hybridized carbons (Fsp3) is 0.190. The summed E-state index contributed by atoms with van der Waals surface area (Å²) in [5, 5.41) is 17.8. The number of aryl methyl sites for hydroxylation is 1. The number of aliphatic hydroxyl groups is 1. The van der Waals surface area contributed by atoms with Crippen LogP contribution >= 0.6 is 11.6 Å². The summed E-state index contributed by atoms with van der Waals surface area (Å²) in [6.07, 6.45) is -0.139. The molecule has 0 spiro atoms. The van der Waals surface area contributed by atoms with Crippen LogP contribution in [0.2, 0.25) is 5.02 Å². The molecule has 1 unspecified atom stereocenters. The van der Waals surface area contributed by atoms with Gasteiger partial charge < -0.3 is 10.4 Å². The Morgan fingerprint density at radius 3 is 2.43 bits per heavy atom. The monoisotopic (exact) mass is 427 g/mol. The summed E-state index contributed by atoms with van der Waals surface area (Å²) in [7, 11) is 0. The third-order valence-corrected chi connectivity index (χ3v) is 4.72. The molecule has 2 aromatic carbocycles.